The second-order valence-corrected chi connectivity index (χ2v) is 3.84. The van der Waals surface area contributed by atoms with Crippen LogP contribution in [-0.2, 0) is 9.30 Å². The molecule has 0 saturated heterocycles. The van der Waals surface area contributed by atoms with Crippen molar-refractivity contribution in [2.45, 2.75) is 0 Å². The predicted molar refractivity (Wildman–Crippen MR) is 64.5 cm³/mol. The third-order valence-electron chi connectivity index (χ3n) is 2.26. The number of methoxy groups -OCH3 is 1. The molecule has 5 nitrogen and oxygen atoms in total. The van der Waals surface area contributed by atoms with Crippen LogP contribution in [0.4, 0.5) is 0 Å². The van der Waals surface area contributed by atoms with E-state index < -0.39 is 5.97 Å². The number of hydrogen-bond donors (Lipinski definition) is 0. The van der Waals surface area contributed by atoms with Crippen molar-refractivity contribution < 1.29 is 23.3 Å². The fourth-order valence-electron chi connectivity index (χ4n) is 1.43. The molecule has 0 amide bonds. The van der Waals surface area contributed by atoms with E-state index in [1.165, 1.54) is 0 Å². The number of carbonyl (C=O) groups excluding carboxylic acids is 1. The van der Waals surface area contributed by atoms with Crippen molar-refractivity contribution in [1.29, 1.82) is 0 Å². The Hall–Kier alpha value is -1.96. The van der Waals surface area contributed by atoms with E-state index in [-0.39, 0.29) is 20.3 Å². The van der Waals surface area contributed by atoms with Gasteiger partial charge in [0.25, 0.3) is 0 Å². The summed E-state index contributed by atoms with van der Waals surface area (Å²) in [5.74, 6) is 0.104. The van der Waals surface area contributed by atoms with E-state index in [2.05, 4.69) is 5.63 Å². The van der Waals surface area contributed by atoms with Gasteiger partial charge in [-0.05, 0) is 0 Å². The Morgan fingerprint density at radius 3 is 3.00 bits per heavy atom. The normalized spacial score (nSPS) is 9.83. The fourth-order valence-corrected chi connectivity index (χ4v) is 1.55. The van der Waals surface area contributed by atoms with Gasteiger partial charge >= 0.3 is 103 Å². The first-order valence-electron chi connectivity index (χ1n) is 5.04. The number of hydrogen-bond acceptors (Lipinski definition) is 5. The molecular formula is C12H9O5P. The first-order chi connectivity index (χ1) is 8.74. The summed E-state index contributed by atoms with van der Waals surface area (Å²) in [6, 6.07) is 6.81. The number of esters is 1. The van der Waals surface area contributed by atoms with Crippen molar-refractivity contribution in [2.24, 2.45) is 0 Å². The summed E-state index contributed by atoms with van der Waals surface area (Å²) in [7, 11) is 1.25. The van der Waals surface area contributed by atoms with E-state index in [0.29, 0.717) is 11.3 Å². The topological polar surface area (TPSA) is 65.7 Å². The van der Waals surface area contributed by atoms with E-state index in [4.69, 9.17) is 13.9 Å². The van der Waals surface area contributed by atoms with Crippen LogP contribution in [0.1, 0.15) is 10.6 Å². The summed E-state index contributed by atoms with van der Waals surface area (Å²) in [6.45, 7) is -0.149. The van der Waals surface area contributed by atoms with Crippen LogP contribution in [-0.4, -0.2) is 19.7 Å². The summed E-state index contributed by atoms with van der Waals surface area (Å²) in [6.07, 6.45) is 0. The van der Waals surface area contributed by atoms with Crippen molar-refractivity contribution in [2.75, 3.05) is 13.7 Å². The SMILES string of the molecule is COc1ccc2cc(C(=O)OCC#P=O)oc2c1. The molecule has 0 saturated carbocycles. The second-order valence-electron chi connectivity index (χ2n) is 3.34. The van der Waals surface area contributed by atoms with Gasteiger partial charge in [-0.15, -0.1) is 0 Å². The summed E-state index contributed by atoms with van der Waals surface area (Å²) in [5, 5.41) is 0.776. The fraction of sp³-hybridized carbons (Fsp3) is 0.167. The Morgan fingerprint density at radius 1 is 1.44 bits per heavy atom. The molecule has 1 aromatic carbocycles. The minimum absolute atomic E-state index is 0.0858. The van der Waals surface area contributed by atoms with E-state index >= 15 is 0 Å². The number of furan rings is 1. The summed E-state index contributed by atoms with van der Waals surface area (Å²) >= 11 is 0. The van der Waals surface area contributed by atoms with Crippen molar-refractivity contribution >= 4 is 24.9 Å². The summed E-state index contributed by atoms with van der Waals surface area (Å²) in [5.41, 5.74) is 2.85. The van der Waals surface area contributed by atoms with Crippen LogP contribution in [0.15, 0.2) is 28.7 Å². The Labute approximate surface area is 104 Å². The van der Waals surface area contributed by atoms with Crippen molar-refractivity contribution in [3.05, 3.63) is 30.0 Å². The van der Waals surface area contributed by atoms with Crippen LogP contribution >= 0.6 is 7.92 Å². The molecule has 0 N–H and O–H groups in total. The third kappa shape index (κ3) is 2.65. The molecular weight excluding hydrogens is 255 g/mol. The van der Waals surface area contributed by atoms with Crippen LogP contribution in [0.2, 0.25) is 0 Å². The first-order valence-corrected chi connectivity index (χ1v) is 5.86. The number of benzene rings is 1. The number of ether oxygens (including phenoxy) is 2. The van der Waals surface area contributed by atoms with E-state index in [9.17, 15) is 9.36 Å². The van der Waals surface area contributed by atoms with Crippen molar-refractivity contribution in [3.8, 4) is 11.4 Å². The maximum absolute atomic E-state index is 11.6. The van der Waals surface area contributed by atoms with Crippen LogP contribution in [0.5, 0.6) is 5.75 Å². The standard InChI is InChI=1S/C12H9O5P/c1-15-9-3-2-8-6-11(17-10(8)7-9)12(13)16-4-5-18-14/h2-3,6-7H,4H2,1H3. The molecule has 0 aliphatic rings. The molecule has 0 aliphatic carbocycles. The second kappa shape index (κ2) is 5.58. The molecule has 0 unspecified atom stereocenters. The van der Waals surface area contributed by atoms with Gasteiger partial charge in [0.15, 0.2) is 0 Å². The van der Waals surface area contributed by atoms with Crippen LogP contribution in [0.25, 0.3) is 11.0 Å². The number of fused-ring (bicyclic) bond motifs is 1. The number of rotatable bonds is 3. The molecule has 0 bridgehead atoms. The quantitative estimate of drug-likeness (QED) is 0.630. The Balaban J connectivity index is 2.25. The third-order valence-corrected chi connectivity index (χ3v) is 2.52. The monoisotopic (exact) mass is 264 g/mol. The first kappa shape index (κ1) is 12.5. The molecule has 0 atom stereocenters. The molecule has 92 valence electrons. The van der Waals surface area contributed by atoms with Crippen molar-refractivity contribution in [1.82, 2.24) is 0 Å². The molecule has 6 heteroatoms. The van der Waals surface area contributed by atoms with Gasteiger partial charge in [0.1, 0.15) is 0 Å². The average Bonchev–Trinajstić information content (AvgIpc) is 2.81. The minimum atomic E-state index is -0.624. The van der Waals surface area contributed by atoms with Gasteiger partial charge in [0.2, 0.25) is 0 Å². The van der Waals surface area contributed by atoms with Gasteiger partial charge in [-0.25, -0.2) is 0 Å². The molecule has 0 aliphatic heterocycles. The Kier molecular flexibility index (Phi) is 3.88. The van der Waals surface area contributed by atoms with Gasteiger partial charge in [0, 0.05) is 0 Å². The van der Waals surface area contributed by atoms with Gasteiger partial charge in [-0.2, -0.15) is 0 Å². The molecule has 0 spiro atoms. The maximum atomic E-state index is 11.6. The Bertz CT molecular complexity index is 683. The predicted octanol–water partition coefficient (Wildman–Crippen LogP) is 2.85. The molecule has 2 rings (SSSR count). The van der Waals surface area contributed by atoms with Gasteiger partial charge in [-0.1, -0.05) is 0 Å². The number of carbonyl (C=O) groups is 1. The summed E-state index contributed by atoms with van der Waals surface area (Å²) in [4.78, 5) is 11.6. The van der Waals surface area contributed by atoms with Gasteiger partial charge in [0.05, 0.1) is 0 Å². The zero-order valence-electron chi connectivity index (χ0n) is 9.50. The molecule has 1 aromatic heterocycles. The zero-order valence-corrected chi connectivity index (χ0v) is 10.4. The van der Waals surface area contributed by atoms with Crippen LogP contribution in [0.3, 0.4) is 0 Å². The molecule has 0 fully saturated rings. The average molecular weight is 264 g/mol. The molecule has 18 heavy (non-hydrogen) atoms. The molecule has 1 heterocycles. The van der Waals surface area contributed by atoms with Crippen molar-refractivity contribution in [3.63, 3.8) is 0 Å². The zero-order chi connectivity index (χ0) is 13.0. The Morgan fingerprint density at radius 2 is 2.28 bits per heavy atom. The van der Waals surface area contributed by atoms with Crippen LogP contribution in [0, 0.1) is 5.63 Å². The molecule has 2 aromatic rings. The van der Waals surface area contributed by atoms with Gasteiger partial charge < -0.3 is 0 Å². The van der Waals surface area contributed by atoms with E-state index in [0.717, 1.165) is 5.39 Å². The molecule has 0 radical (unpaired) electrons. The summed E-state index contributed by atoms with van der Waals surface area (Å²) < 4.78 is 25.3. The van der Waals surface area contributed by atoms with Gasteiger partial charge in [-0.3, -0.25) is 0 Å². The van der Waals surface area contributed by atoms with E-state index in [1.807, 2.05) is 0 Å². The van der Waals surface area contributed by atoms with Crippen LogP contribution < -0.4 is 4.74 Å². The van der Waals surface area contributed by atoms with E-state index in [1.54, 1.807) is 31.4 Å².